The molecular weight excluding hydrogens is 316 g/mol. The van der Waals surface area contributed by atoms with Crippen LogP contribution in [0.15, 0.2) is 29.6 Å². The van der Waals surface area contributed by atoms with E-state index in [1.807, 2.05) is 0 Å². The molecule has 112 valence electrons. The van der Waals surface area contributed by atoms with Gasteiger partial charge in [0.2, 0.25) is 11.0 Å². The molecule has 6 nitrogen and oxygen atoms in total. The number of nitrogens with zero attached hydrogens (tertiary/aromatic N) is 3. The monoisotopic (exact) mass is 323 g/mol. The molecule has 0 amide bonds. The summed E-state index contributed by atoms with van der Waals surface area (Å²) >= 11 is 0.960. The first kappa shape index (κ1) is 14.1. The Bertz CT molecular complexity index is 855. The van der Waals surface area contributed by atoms with Gasteiger partial charge in [0, 0.05) is 23.1 Å². The van der Waals surface area contributed by atoms with Crippen molar-refractivity contribution in [3.63, 3.8) is 0 Å². The van der Waals surface area contributed by atoms with Crippen LogP contribution in [-0.2, 0) is 0 Å². The van der Waals surface area contributed by atoms with Gasteiger partial charge in [-0.3, -0.25) is 0 Å². The fourth-order valence-electron chi connectivity index (χ4n) is 1.81. The van der Waals surface area contributed by atoms with Crippen LogP contribution < -0.4 is 0 Å². The SMILES string of the molecule is O=C(O)c1csc(-n2nc(-c3cc(F)cc(F)c3)cc2O)n1. The van der Waals surface area contributed by atoms with E-state index < -0.39 is 17.6 Å². The van der Waals surface area contributed by atoms with Gasteiger partial charge < -0.3 is 10.2 Å². The van der Waals surface area contributed by atoms with Gasteiger partial charge in [0.1, 0.15) is 11.6 Å². The number of hydrogen-bond donors (Lipinski definition) is 2. The summed E-state index contributed by atoms with van der Waals surface area (Å²) in [4.78, 5) is 14.6. The van der Waals surface area contributed by atoms with Gasteiger partial charge in [-0.2, -0.15) is 9.78 Å². The Labute approximate surface area is 125 Å². The molecule has 2 heterocycles. The predicted octanol–water partition coefficient (Wildman–Crippen LogP) is 2.68. The number of rotatable bonds is 3. The van der Waals surface area contributed by atoms with Gasteiger partial charge >= 0.3 is 5.97 Å². The van der Waals surface area contributed by atoms with Gasteiger partial charge in [-0.1, -0.05) is 0 Å². The van der Waals surface area contributed by atoms with Gasteiger partial charge in [-0.15, -0.1) is 11.3 Å². The summed E-state index contributed by atoms with van der Waals surface area (Å²) in [5.41, 5.74) is 0.0813. The minimum absolute atomic E-state index is 0.123. The molecule has 0 aliphatic carbocycles. The normalized spacial score (nSPS) is 10.8. The number of thiazole rings is 1. The van der Waals surface area contributed by atoms with Crippen LogP contribution >= 0.6 is 11.3 Å². The van der Waals surface area contributed by atoms with E-state index in [-0.39, 0.29) is 28.0 Å². The molecule has 3 aromatic rings. The van der Waals surface area contributed by atoms with E-state index in [0.717, 1.165) is 34.2 Å². The van der Waals surface area contributed by atoms with Crippen molar-refractivity contribution < 1.29 is 23.8 Å². The fraction of sp³-hybridized carbons (Fsp3) is 0. The van der Waals surface area contributed by atoms with E-state index in [4.69, 9.17) is 5.11 Å². The standard InChI is InChI=1S/C13H7F2N3O3S/c14-7-1-6(2-8(15)3-7)9-4-11(19)18(17-9)13-16-10(5-22-13)12(20)21/h1-5,19H,(H,20,21). The van der Waals surface area contributed by atoms with Crippen molar-refractivity contribution in [3.05, 3.63) is 47.0 Å². The largest absolute Gasteiger partial charge is 0.493 e. The number of benzene rings is 1. The zero-order valence-electron chi connectivity index (χ0n) is 10.7. The molecule has 1 aromatic carbocycles. The van der Waals surface area contributed by atoms with Crippen LogP contribution in [0.3, 0.4) is 0 Å². The van der Waals surface area contributed by atoms with Gasteiger partial charge in [-0.25, -0.2) is 18.6 Å². The van der Waals surface area contributed by atoms with E-state index in [2.05, 4.69) is 10.1 Å². The average Bonchev–Trinajstić information content (AvgIpc) is 3.03. The zero-order valence-corrected chi connectivity index (χ0v) is 11.5. The number of aromatic carboxylic acids is 1. The molecule has 0 unspecified atom stereocenters. The Morgan fingerprint density at radius 2 is 1.86 bits per heavy atom. The second-order valence-corrected chi connectivity index (χ2v) is 5.11. The third kappa shape index (κ3) is 2.53. The zero-order chi connectivity index (χ0) is 15.9. The number of carboxylic acid groups (broad SMARTS) is 1. The maximum atomic E-state index is 13.2. The third-order valence-electron chi connectivity index (χ3n) is 2.74. The molecule has 0 aliphatic rings. The molecule has 0 spiro atoms. The quantitative estimate of drug-likeness (QED) is 0.773. The molecule has 22 heavy (non-hydrogen) atoms. The van der Waals surface area contributed by atoms with Gasteiger partial charge in [0.15, 0.2) is 5.69 Å². The van der Waals surface area contributed by atoms with Crippen molar-refractivity contribution >= 4 is 17.3 Å². The first-order chi connectivity index (χ1) is 10.4. The van der Waals surface area contributed by atoms with E-state index in [0.29, 0.717) is 0 Å². The number of carbonyl (C=O) groups is 1. The van der Waals surface area contributed by atoms with E-state index in [1.165, 1.54) is 11.4 Å². The minimum Gasteiger partial charge on any atom is -0.493 e. The summed E-state index contributed by atoms with van der Waals surface area (Å²) in [6, 6.07) is 4.07. The Hall–Kier alpha value is -2.81. The highest BCUT2D eigenvalue weighted by atomic mass is 32.1. The Balaban J connectivity index is 2.04. The van der Waals surface area contributed by atoms with Crippen molar-refractivity contribution in [1.82, 2.24) is 14.8 Å². The molecule has 0 radical (unpaired) electrons. The summed E-state index contributed by atoms with van der Waals surface area (Å²) in [6.45, 7) is 0. The van der Waals surface area contributed by atoms with E-state index in [1.54, 1.807) is 0 Å². The first-order valence-electron chi connectivity index (χ1n) is 5.89. The Morgan fingerprint density at radius 3 is 2.45 bits per heavy atom. The van der Waals surface area contributed by atoms with Crippen LogP contribution in [0, 0.1) is 11.6 Å². The maximum absolute atomic E-state index is 13.2. The Morgan fingerprint density at radius 1 is 1.18 bits per heavy atom. The lowest BCUT2D eigenvalue weighted by molar-refractivity contribution is 0.0691. The summed E-state index contributed by atoms with van der Waals surface area (Å²) < 4.78 is 27.4. The summed E-state index contributed by atoms with van der Waals surface area (Å²) in [6.07, 6.45) is 0. The molecule has 0 fully saturated rings. The predicted molar refractivity (Wildman–Crippen MR) is 73.2 cm³/mol. The van der Waals surface area contributed by atoms with Gasteiger partial charge in [-0.05, 0) is 12.1 Å². The fourth-order valence-corrected chi connectivity index (χ4v) is 2.57. The van der Waals surface area contributed by atoms with Crippen LogP contribution in [0.1, 0.15) is 10.5 Å². The molecule has 2 N–H and O–H groups in total. The van der Waals surface area contributed by atoms with Crippen molar-refractivity contribution in [2.24, 2.45) is 0 Å². The van der Waals surface area contributed by atoms with Crippen molar-refractivity contribution in [1.29, 1.82) is 0 Å². The van der Waals surface area contributed by atoms with Crippen LogP contribution in [0.5, 0.6) is 5.88 Å². The maximum Gasteiger partial charge on any atom is 0.355 e. The molecular formula is C13H7F2N3O3S. The lowest BCUT2D eigenvalue weighted by Crippen LogP contribution is -2.00. The van der Waals surface area contributed by atoms with Crippen LogP contribution in [0.4, 0.5) is 8.78 Å². The number of hydrogen-bond acceptors (Lipinski definition) is 5. The van der Waals surface area contributed by atoms with Crippen molar-refractivity contribution in [3.8, 4) is 22.3 Å². The van der Waals surface area contributed by atoms with E-state index in [9.17, 15) is 18.7 Å². The first-order valence-corrected chi connectivity index (χ1v) is 6.76. The van der Waals surface area contributed by atoms with Gasteiger partial charge in [0.05, 0.1) is 5.69 Å². The number of halogens is 2. The second-order valence-electron chi connectivity index (χ2n) is 4.28. The molecule has 9 heteroatoms. The molecule has 0 saturated heterocycles. The summed E-state index contributed by atoms with van der Waals surface area (Å²) in [7, 11) is 0. The second kappa shape index (κ2) is 5.19. The summed E-state index contributed by atoms with van der Waals surface area (Å²) in [5.74, 6) is -3.08. The number of carboxylic acids is 1. The van der Waals surface area contributed by atoms with E-state index >= 15 is 0 Å². The Kier molecular flexibility index (Phi) is 3.33. The highest BCUT2D eigenvalue weighted by molar-refractivity contribution is 7.12. The van der Waals surface area contributed by atoms with Crippen molar-refractivity contribution in [2.75, 3.05) is 0 Å². The molecule has 0 bridgehead atoms. The molecule has 0 saturated carbocycles. The smallest absolute Gasteiger partial charge is 0.355 e. The molecule has 0 aliphatic heterocycles. The highest BCUT2D eigenvalue weighted by Gasteiger charge is 2.16. The van der Waals surface area contributed by atoms with Crippen LogP contribution in [0.25, 0.3) is 16.4 Å². The van der Waals surface area contributed by atoms with Crippen LogP contribution in [0.2, 0.25) is 0 Å². The lowest BCUT2D eigenvalue weighted by Gasteiger charge is -1.98. The third-order valence-corrected chi connectivity index (χ3v) is 3.56. The van der Waals surface area contributed by atoms with Crippen molar-refractivity contribution in [2.45, 2.75) is 0 Å². The molecule has 3 rings (SSSR count). The number of aromatic nitrogens is 3. The highest BCUT2D eigenvalue weighted by Crippen LogP contribution is 2.27. The van der Waals surface area contributed by atoms with Gasteiger partial charge in [0.25, 0.3) is 0 Å². The summed E-state index contributed by atoms with van der Waals surface area (Å²) in [5, 5.41) is 24.1. The topological polar surface area (TPSA) is 88.2 Å². The van der Waals surface area contributed by atoms with Crippen LogP contribution in [-0.4, -0.2) is 30.9 Å². The minimum atomic E-state index is -1.21. The lowest BCUT2D eigenvalue weighted by atomic mass is 10.1. The average molecular weight is 323 g/mol. The molecule has 0 atom stereocenters. The number of aromatic hydroxyl groups is 1. The molecule has 2 aromatic heterocycles.